The Morgan fingerprint density at radius 2 is 1.54 bits per heavy atom. The molecule has 0 saturated carbocycles. The van der Waals surface area contributed by atoms with Gasteiger partial charge in [0.1, 0.15) is 40.9 Å². The van der Waals surface area contributed by atoms with Crippen LogP contribution in [0.2, 0.25) is 10.3 Å². The number of aromatic nitrogens is 4. The summed E-state index contributed by atoms with van der Waals surface area (Å²) in [4.78, 5) is 49.3. The van der Waals surface area contributed by atoms with Gasteiger partial charge in [0.05, 0.1) is 60.6 Å². The number of alkyl halides is 3. The van der Waals surface area contributed by atoms with Gasteiger partial charge in [0, 0.05) is 24.8 Å². The Morgan fingerprint density at radius 3 is 2.11 bits per heavy atom. The highest BCUT2D eigenvalue weighted by Crippen LogP contribution is 2.51. The molecule has 4 heterocycles. The van der Waals surface area contributed by atoms with Crippen molar-refractivity contribution in [3.63, 3.8) is 0 Å². The number of rotatable bonds is 14. The van der Waals surface area contributed by atoms with Crippen LogP contribution < -0.4 is 28.9 Å². The van der Waals surface area contributed by atoms with Crippen molar-refractivity contribution < 1.29 is 50.8 Å². The molecular formula is C50H51Cl2F4N7O7. The van der Waals surface area contributed by atoms with E-state index >= 15 is 17.6 Å². The number of anilines is 3. The Kier molecular flexibility index (Phi) is 15.5. The Labute approximate surface area is 412 Å². The smallest absolute Gasteiger partial charge is 0.425 e. The maximum Gasteiger partial charge on any atom is 0.425 e. The minimum Gasteiger partial charge on any atom is -0.497 e. The van der Waals surface area contributed by atoms with E-state index < -0.39 is 68.5 Å². The number of hydrogen-bond acceptors (Lipinski definition) is 13. The molecule has 3 aromatic carbocycles. The lowest BCUT2D eigenvalue weighted by Gasteiger charge is -2.32. The molecule has 370 valence electrons. The zero-order chi connectivity index (χ0) is 50.7. The van der Waals surface area contributed by atoms with Crippen molar-refractivity contribution in [3.05, 3.63) is 117 Å². The molecule has 6 aromatic rings. The number of carbonyl (C=O) groups excluding carboxylic acids is 2. The summed E-state index contributed by atoms with van der Waals surface area (Å²) in [6.45, 7) is 10.0. The molecule has 3 aromatic heterocycles. The van der Waals surface area contributed by atoms with Gasteiger partial charge in [0.2, 0.25) is 5.28 Å². The molecule has 14 nitrogen and oxygen atoms in total. The van der Waals surface area contributed by atoms with Gasteiger partial charge < -0.3 is 33.5 Å². The number of ether oxygens (including phenoxy) is 5. The van der Waals surface area contributed by atoms with E-state index in [9.17, 15) is 9.59 Å². The summed E-state index contributed by atoms with van der Waals surface area (Å²) >= 11 is 13.7. The second kappa shape index (κ2) is 21.1. The molecule has 0 saturated heterocycles. The molecule has 0 aliphatic carbocycles. The fraction of sp³-hybridized carbons (Fsp3) is 0.360. The van der Waals surface area contributed by atoms with Crippen LogP contribution >= 0.6 is 23.2 Å². The van der Waals surface area contributed by atoms with Gasteiger partial charge in [0.15, 0.2) is 17.4 Å². The van der Waals surface area contributed by atoms with Crippen LogP contribution in [-0.4, -0.2) is 71.7 Å². The second-order valence-electron chi connectivity index (χ2n) is 17.4. The highest BCUT2D eigenvalue weighted by atomic mass is 35.5. The van der Waals surface area contributed by atoms with Crippen molar-refractivity contribution in [2.75, 3.05) is 48.7 Å². The molecule has 0 unspecified atom stereocenters. The Hall–Kier alpha value is -6.66. The Balaban J connectivity index is 1.39. The van der Waals surface area contributed by atoms with Crippen LogP contribution in [0.4, 0.5) is 44.6 Å². The summed E-state index contributed by atoms with van der Waals surface area (Å²) < 4.78 is 91.9. The summed E-state index contributed by atoms with van der Waals surface area (Å²) in [5.41, 5.74) is -2.67. The number of benzene rings is 3. The third-order valence-electron chi connectivity index (χ3n) is 11.3. The number of aryl methyl sites for hydroxylation is 1. The van der Waals surface area contributed by atoms with E-state index in [0.717, 1.165) is 11.1 Å². The first-order valence-corrected chi connectivity index (χ1v) is 23.0. The number of nitrogens with zero attached hydrogens (tertiary/aromatic N) is 7. The molecule has 0 spiro atoms. The van der Waals surface area contributed by atoms with Crippen molar-refractivity contribution in [1.29, 1.82) is 0 Å². The first-order chi connectivity index (χ1) is 33.2. The van der Waals surface area contributed by atoms with Crippen LogP contribution in [0.15, 0.2) is 72.9 Å². The zero-order valence-corrected chi connectivity index (χ0v) is 41.2. The zero-order valence-electron chi connectivity index (χ0n) is 39.7. The quantitative estimate of drug-likeness (QED) is 0.0581. The van der Waals surface area contributed by atoms with Crippen LogP contribution in [-0.2, 0) is 28.7 Å². The van der Waals surface area contributed by atoms with Crippen molar-refractivity contribution in [1.82, 2.24) is 19.9 Å². The third kappa shape index (κ3) is 11.0. The van der Waals surface area contributed by atoms with Gasteiger partial charge in [0.25, 0.3) is 0 Å². The van der Waals surface area contributed by atoms with E-state index in [4.69, 9.17) is 46.9 Å². The Bertz CT molecular complexity index is 2840. The third-order valence-corrected chi connectivity index (χ3v) is 11.9. The first-order valence-electron chi connectivity index (χ1n) is 22.3. The lowest BCUT2D eigenvalue weighted by atomic mass is 9.98. The molecule has 0 radical (unpaired) electrons. The molecule has 20 heteroatoms. The normalized spacial score (nSPS) is 13.0. The average molecular weight is 1010 g/mol. The fourth-order valence-corrected chi connectivity index (χ4v) is 8.48. The maximum atomic E-state index is 17.7. The van der Waals surface area contributed by atoms with E-state index in [-0.39, 0.29) is 67.0 Å². The summed E-state index contributed by atoms with van der Waals surface area (Å²) in [5.74, 6) is -0.329. The summed E-state index contributed by atoms with van der Waals surface area (Å²) in [6.07, 6.45) is -4.48. The molecule has 1 atom stereocenters. The molecule has 0 N–H and O–H groups in total. The van der Waals surface area contributed by atoms with E-state index in [1.54, 1.807) is 73.9 Å². The van der Waals surface area contributed by atoms with E-state index in [1.165, 1.54) is 33.4 Å². The maximum absolute atomic E-state index is 17.7. The van der Waals surface area contributed by atoms with Crippen molar-refractivity contribution in [2.24, 2.45) is 0 Å². The largest absolute Gasteiger partial charge is 0.497 e. The summed E-state index contributed by atoms with van der Waals surface area (Å²) in [6, 6.07) is 18.0. The number of amides is 2. The predicted octanol–water partition coefficient (Wildman–Crippen LogP) is 12.7. The fourth-order valence-electron chi connectivity index (χ4n) is 8.00. The van der Waals surface area contributed by atoms with E-state index in [1.807, 2.05) is 31.2 Å². The molecule has 1 aliphatic heterocycles. The number of imide groups is 1. The number of methoxy groups -OCH3 is 2. The van der Waals surface area contributed by atoms with Crippen molar-refractivity contribution >= 4 is 63.7 Å². The highest BCUT2D eigenvalue weighted by molar-refractivity contribution is 6.37. The van der Waals surface area contributed by atoms with Crippen LogP contribution in [0.1, 0.15) is 81.3 Å². The van der Waals surface area contributed by atoms with E-state index in [2.05, 4.69) is 19.9 Å². The van der Waals surface area contributed by atoms with Gasteiger partial charge in [-0.15, -0.1) is 0 Å². The average Bonchev–Trinajstić information content (AvgIpc) is 3.50. The molecule has 0 fully saturated rings. The molecular weight excluding hydrogens is 957 g/mol. The topological polar surface area (TPSA) is 142 Å². The minimum atomic E-state index is -5.04. The van der Waals surface area contributed by atoms with Crippen LogP contribution in [0.25, 0.3) is 22.2 Å². The van der Waals surface area contributed by atoms with Gasteiger partial charge >= 0.3 is 18.4 Å². The molecule has 0 bridgehead atoms. The highest BCUT2D eigenvalue weighted by Gasteiger charge is 2.41. The predicted molar refractivity (Wildman–Crippen MR) is 259 cm³/mol. The van der Waals surface area contributed by atoms with Crippen LogP contribution in [0.5, 0.6) is 17.2 Å². The molecule has 7 rings (SSSR count). The lowest BCUT2D eigenvalue weighted by molar-refractivity contribution is -0.137. The van der Waals surface area contributed by atoms with Crippen LogP contribution in [0, 0.1) is 12.7 Å². The number of pyridine rings is 2. The van der Waals surface area contributed by atoms with Gasteiger partial charge in [-0.3, -0.25) is 0 Å². The first kappa shape index (κ1) is 51.2. The van der Waals surface area contributed by atoms with Crippen molar-refractivity contribution in [2.45, 2.75) is 85.3 Å². The number of halogens is 6. The lowest BCUT2D eigenvalue weighted by Crippen LogP contribution is -2.43. The molecule has 2 amide bonds. The molecule has 70 heavy (non-hydrogen) atoms. The Morgan fingerprint density at radius 1 is 0.914 bits per heavy atom. The SMILES string of the molecule is CCCCOC(=O)N(C(=O)OC(C)(C)C)c1ncccc1[C@@H](C)N1CCOc2c(Cl)c(-c3nc(N(Cc4ccc(OC)cc4)Cc4ccc(OC)cc4)cc(C)c3C(F)(F)F)c(F)c3nc(Cl)nc1c23. The standard InChI is InChI=1S/C50H51Cl2F4N7O7/c1-9-10-23-69-47(64)63(48(65)70-49(4,5)6)44-34(12-11-21-57-44)29(3)62-22-24-68-43-37-42(59-46(52)60-45(37)62)40(53)36(39(43)51)41-38(50(54,55)56)28(2)25-35(58-41)61(26-30-13-17-32(66-7)18-14-30)27-31-15-19-33(67-8)20-16-31/h11-21,25,29H,9-10,22-24,26-27H2,1-8H3/t29-/m1/s1. The van der Waals surface area contributed by atoms with Crippen LogP contribution in [0.3, 0.4) is 0 Å². The van der Waals surface area contributed by atoms with Crippen molar-refractivity contribution in [3.8, 4) is 28.5 Å². The van der Waals surface area contributed by atoms with Gasteiger partial charge in [-0.2, -0.15) is 23.1 Å². The molecule has 1 aliphatic rings. The number of unbranched alkanes of at least 4 members (excludes halogenated alkanes) is 1. The van der Waals surface area contributed by atoms with Gasteiger partial charge in [-0.1, -0.05) is 55.3 Å². The second-order valence-corrected chi connectivity index (χ2v) is 18.1. The van der Waals surface area contributed by atoms with Gasteiger partial charge in [-0.05, 0) is 106 Å². The van der Waals surface area contributed by atoms with Gasteiger partial charge in [-0.25, -0.2) is 28.9 Å². The minimum absolute atomic E-state index is 0.000383. The monoisotopic (exact) mass is 1010 g/mol. The summed E-state index contributed by atoms with van der Waals surface area (Å²) in [5, 5.41) is -1.08. The summed E-state index contributed by atoms with van der Waals surface area (Å²) in [7, 11) is 3.07. The van der Waals surface area contributed by atoms with E-state index in [0.29, 0.717) is 34.8 Å². The number of hydrogen-bond donors (Lipinski definition) is 0. The number of carbonyl (C=O) groups is 2.